The molecule has 1 rings (SSSR count). The highest BCUT2D eigenvalue weighted by Gasteiger charge is 2.44. The maximum Gasteiger partial charge on any atom is 0.224 e. The second kappa shape index (κ2) is 2.67. The zero-order chi connectivity index (χ0) is 8.70. The lowest BCUT2D eigenvalue weighted by molar-refractivity contribution is 0.0401. The fourth-order valence-corrected chi connectivity index (χ4v) is 2.89. The largest absolute Gasteiger partial charge is 0.241 e. The van der Waals surface area contributed by atoms with Gasteiger partial charge in [-0.2, -0.15) is 4.31 Å². The van der Waals surface area contributed by atoms with Crippen LogP contribution in [0, 0.1) is 0 Å². The van der Waals surface area contributed by atoms with Gasteiger partial charge in [-0.1, -0.05) is 15.9 Å². The molecule has 3 nitrogen and oxygen atoms in total. The minimum absolute atomic E-state index is 0.0130. The highest BCUT2D eigenvalue weighted by molar-refractivity contribution is 9.10. The first-order valence-electron chi connectivity index (χ1n) is 3.10. The molecule has 0 unspecified atom stereocenters. The molecule has 1 saturated heterocycles. The minimum atomic E-state index is -3.22. The molecule has 0 atom stereocenters. The van der Waals surface area contributed by atoms with Gasteiger partial charge < -0.3 is 0 Å². The van der Waals surface area contributed by atoms with Crippen molar-refractivity contribution in [2.45, 2.75) is 12.6 Å². The first kappa shape index (κ1) is 9.41. The van der Waals surface area contributed by atoms with Crippen LogP contribution in [0.5, 0.6) is 0 Å². The highest BCUT2D eigenvalue weighted by atomic mass is 79.9. The van der Waals surface area contributed by atoms with E-state index in [1.165, 1.54) is 6.92 Å². The molecule has 0 aromatic heterocycles. The van der Waals surface area contributed by atoms with Crippen molar-refractivity contribution in [3.63, 3.8) is 0 Å². The topological polar surface area (TPSA) is 37.4 Å². The van der Waals surface area contributed by atoms with Crippen molar-refractivity contribution >= 4 is 26.0 Å². The lowest BCUT2D eigenvalue weighted by Gasteiger charge is -2.40. The summed E-state index contributed by atoms with van der Waals surface area (Å²) in [7, 11) is -3.22. The summed E-state index contributed by atoms with van der Waals surface area (Å²) < 4.78 is 35.8. The van der Waals surface area contributed by atoms with Gasteiger partial charge >= 0.3 is 0 Å². The molecule has 11 heavy (non-hydrogen) atoms. The normalized spacial score (nSPS) is 24.6. The Labute approximate surface area is 73.7 Å². The summed E-state index contributed by atoms with van der Waals surface area (Å²) in [5, 5.41) is 0. The molecule has 0 aromatic carbocycles. The Bertz CT molecular complexity index is 243. The standard InChI is InChI=1S/C5H9BrFNO2S/c1-5(7)2-8(3-5)11(9,10)4-6/h2-4H2,1H3. The van der Waals surface area contributed by atoms with Gasteiger partial charge in [0, 0.05) is 13.1 Å². The maximum atomic E-state index is 12.8. The van der Waals surface area contributed by atoms with Crippen LogP contribution < -0.4 is 0 Å². The average molecular weight is 246 g/mol. The van der Waals surface area contributed by atoms with E-state index in [-0.39, 0.29) is 17.8 Å². The molecule has 1 aliphatic heterocycles. The summed E-state index contributed by atoms with van der Waals surface area (Å²) in [6.07, 6.45) is 0. The van der Waals surface area contributed by atoms with E-state index in [9.17, 15) is 12.8 Å². The van der Waals surface area contributed by atoms with Crippen LogP contribution in [0.3, 0.4) is 0 Å². The number of sulfonamides is 1. The van der Waals surface area contributed by atoms with Gasteiger partial charge in [0.25, 0.3) is 0 Å². The van der Waals surface area contributed by atoms with Gasteiger partial charge in [0.1, 0.15) is 10.3 Å². The molecule has 0 spiro atoms. The second-order valence-electron chi connectivity index (χ2n) is 2.90. The Morgan fingerprint density at radius 1 is 1.64 bits per heavy atom. The van der Waals surface area contributed by atoms with Crippen LogP contribution in [0.15, 0.2) is 0 Å². The fourth-order valence-electron chi connectivity index (χ4n) is 0.955. The van der Waals surface area contributed by atoms with Crippen molar-refractivity contribution in [1.82, 2.24) is 4.31 Å². The zero-order valence-corrected chi connectivity index (χ0v) is 8.45. The molecule has 0 saturated carbocycles. The lowest BCUT2D eigenvalue weighted by atomic mass is 10.0. The van der Waals surface area contributed by atoms with Gasteiger partial charge in [-0.25, -0.2) is 12.8 Å². The van der Waals surface area contributed by atoms with E-state index in [0.29, 0.717) is 0 Å². The van der Waals surface area contributed by atoms with Crippen LogP contribution in [0.4, 0.5) is 4.39 Å². The Morgan fingerprint density at radius 3 is 2.36 bits per heavy atom. The van der Waals surface area contributed by atoms with Crippen LogP contribution in [-0.4, -0.2) is 36.1 Å². The van der Waals surface area contributed by atoms with Crippen molar-refractivity contribution in [1.29, 1.82) is 0 Å². The minimum Gasteiger partial charge on any atom is -0.241 e. The van der Waals surface area contributed by atoms with E-state index in [1.54, 1.807) is 0 Å². The fraction of sp³-hybridized carbons (Fsp3) is 1.00. The Hall–Kier alpha value is 0.320. The Balaban J connectivity index is 2.58. The third kappa shape index (κ3) is 1.91. The molecule has 0 amide bonds. The number of hydrogen-bond donors (Lipinski definition) is 0. The molecule has 0 aliphatic carbocycles. The summed E-state index contributed by atoms with van der Waals surface area (Å²) in [5.74, 6) is 0. The molecule has 1 fully saturated rings. The van der Waals surface area contributed by atoms with E-state index < -0.39 is 15.7 Å². The highest BCUT2D eigenvalue weighted by Crippen LogP contribution is 2.27. The predicted molar refractivity (Wildman–Crippen MR) is 43.8 cm³/mol. The van der Waals surface area contributed by atoms with Gasteiger partial charge in [-0.3, -0.25) is 0 Å². The molecule has 0 radical (unpaired) electrons. The molecular weight excluding hydrogens is 237 g/mol. The van der Waals surface area contributed by atoms with E-state index in [1.807, 2.05) is 0 Å². The molecule has 1 aliphatic rings. The molecular formula is C5H9BrFNO2S. The second-order valence-corrected chi connectivity index (χ2v) is 6.17. The Morgan fingerprint density at radius 2 is 2.09 bits per heavy atom. The van der Waals surface area contributed by atoms with Crippen molar-refractivity contribution in [2.24, 2.45) is 0 Å². The number of hydrogen-bond acceptors (Lipinski definition) is 2. The summed E-state index contributed by atoms with van der Waals surface area (Å²) in [6.45, 7) is 1.37. The monoisotopic (exact) mass is 245 g/mol. The van der Waals surface area contributed by atoms with Gasteiger partial charge in [0.15, 0.2) is 0 Å². The molecule has 66 valence electrons. The van der Waals surface area contributed by atoms with E-state index in [0.717, 1.165) is 4.31 Å². The molecule has 6 heteroatoms. The Kier molecular flexibility index (Phi) is 2.28. The van der Waals surface area contributed by atoms with Crippen LogP contribution in [-0.2, 0) is 10.0 Å². The first-order chi connectivity index (χ1) is 4.87. The lowest BCUT2D eigenvalue weighted by Crippen LogP contribution is -2.59. The van der Waals surface area contributed by atoms with E-state index in [4.69, 9.17) is 0 Å². The summed E-state index contributed by atoms with van der Waals surface area (Å²) in [4.78, 5) is 0. The zero-order valence-electron chi connectivity index (χ0n) is 6.05. The molecule has 0 aromatic rings. The van der Waals surface area contributed by atoms with Crippen molar-refractivity contribution in [3.8, 4) is 0 Å². The van der Waals surface area contributed by atoms with E-state index >= 15 is 0 Å². The van der Waals surface area contributed by atoms with Gasteiger partial charge in [-0.15, -0.1) is 0 Å². The number of rotatable bonds is 2. The smallest absolute Gasteiger partial charge is 0.224 e. The predicted octanol–water partition coefficient (Wildman–Crippen LogP) is 0.712. The van der Waals surface area contributed by atoms with Crippen LogP contribution in [0.2, 0.25) is 0 Å². The van der Waals surface area contributed by atoms with Crippen LogP contribution in [0.25, 0.3) is 0 Å². The SMILES string of the molecule is CC1(F)CN(S(=O)(=O)CBr)C1. The van der Waals surface area contributed by atoms with Crippen molar-refractivity contribution in [2.75, 3.05) is 17.8 Å². The van der Waals surface area contributed by atoms with Gasteiger partial charge in [-0.05, 0) is 6.92 Å². The van der Waals surface area contributed by atoms with Crippen molar-refractivity contribution < 1.29 is 12.8 Å². The first-order valence-corrected chi connectivity index (χ1v) is 5.83. The van der Waals surface area contributed by atoms with Gasteiger partial charge in [0.05, 0.1) is 0 Å². The quantitative estimate of drug-likeness (QED) is 0.673. The van der Waals surface area contributed by atoms with Gasteiger partial charge in [0.2, 0.25) is 10.0 Å². The number of nitrogens with zero attached hydrogens (tertiary/aromatic N) is 1. The number of alkyl halides is 2. The average Bonchev–Trinajstić information content (AvgIpc) is 1.83. The van der Waals surface area contributed by atoms with E-state index in [2.05, 4.69) is 15.9 Å². The summed E-state index contributed by atoms with van der Waals surface area (Å²) >= 11 is 2.83. The maximum absolute atomic E-state index is 12.8. The molecule has 1 heterocycles. The molecule has 0 N–H and O–H groups in total. The summed E-state index contributed by atoms with van der Waals surface area (Å²) in [5.41, 5.74) is -1.32. The van der Waals surface area contributed by atoms with Crippen LogP contribution in [0.1, 0.15) is 6.92 Å². The van der Waals surface area contributed by atoms with Crippen LogP contribution >= 0.6 is 15.9 Å². The van der Waals surface area contributed by atoms with Crippen molar-refractivity contribution in [3.05, 3.63) is 0 Å². The third-order valence-corrected chi connectivity index (χ3v) is 4.60. The summed E-state index contributed by atoms with van der Waals surface area (Å²) in [6, 6.07) is 0. The third-order valence-electron chi connectivity index (χ3n) is 1.54. The number of halogens is 2. The molecule has 0 bridgehead atoms.